The number of aliphatic hydroxyl groups excluding tert-OH is 1. The standard InChI is InChI=1S/C21H23N7O3S/c29-12-2-10-24-32(30,31)14-15-5-7-16(8-6-15)25-21-22-11-9-20(27-21)26-18-3-1-4-19-17(18)13-23-28-19/h1,3-9,11,13,24,29H,2,10,12,14H2,(H,23,28)(H2,22,25,26,27). The molecule has 166 valence electrons. The van der Waals surface area contributed by atoms with E-state index in [2.05, 4.69) is 35.5 Å². The van der Waals surface area contributed by atoms with Crippen molar-refractivity contribution in [1.82, 2.24) is 24.9 Å². The molecule has 4 rings (SSSR count). The molecule has 2 heterocycles. The van der Waals surface area contributed by atoms with Gasteiger partial charge in [-0.2, -0.15) is 10.1 Å². The first kappa shape index (κ1) is 21.7. The van der Waals surface area contributed by atoms with Crippen molar-refractivity contribution < 1.29 is 13.5 Å². The van der Waals surface area contributed by atoms with Crippen LogP contribution in [0.2, 0.25) is 0 Å². The lowest BCUT2D eigenvalue weighted by Crippen LogP contribution is -2.26. The second-order valence-electron chi connectivity index (χ2n) is 7.08. The summed E-state index contributed by atoms with van der Waals surface area (Å²) in [7, 11) is -3.45. The lowest BCUT2D eigenvalue weighted by molar-refractivity contribution is 0.289. The van der Waals surface area contributed by atoms with E-state index in [1.54, 1.807) is 42.7 Å². The molecule has 0 amide bonds. The second kappa shape index (κ2) is 9.73. The van der Waals surface area contributed by atoms with E-state index in [0.717, 1.165) is 22.3 Å². The Morgan fingerprint density at radius 1 is 1.03 bits per heavy atom. The highest BCUT2D eigenvalue weighted by molar-refractivity contribution is 7.88. The van der Waals surface area contributed by atoms with Crippen molar-refractivity contribution in [3.8, 4) is 0 Å². The summed E-state index contributed by atoms with van der Waals surface area (Å²) in [6.45, 7) is 0.163. The number of anilines is 4. The van der Waals surface area contributed by atoms with Crippen LogP contribution in [-0.4, -0.2) is 46.8 Å². The summed E-state index contributed by atoms with van der Waals surface area (Å²) in [6.07, 6.45) is 3.78. The lowest BCUT2D eigenvalue weighted by Gasteiger charge is -2.10. The van der Waals surface area contributed by atoms with Gasteiger partial charge in [-0.15, -0.1) is 0 Å². The summed E-state index contributed by atoms with van der Waals surface area (Å²) in [5, 5.41) is 23.1. The molecule has 0 aliphatic carbocycles. The van der Waals surface area contributed by atoms with Gasteiger partial charge in [-0.3, -0.25) is 5.10 Å². The fourth-order valence-corrected chi connectivity index (χ4v) is 4.28. The highest BCUT2D eigenvalue weighted by atomic mass is 32.2. The number of rotatable bonds is 10. The van der Waals surface area contributed by atoms with Gasteiger partial charge in [0.25, 0.3) is 0 Å². The molecule has 0 saturated heterocycles. The number of hydrogen-bond acceptors (Lipinski definition) is 8. The van der Waals surface area contributed by atoms with Gasteiger partial charge in [0.05, 0.1) is 23.2 Å². The Bertz CT molecular complexity index is 1290. The zero-order valence-corrected chi connectivity index (χ0v) is 17.9. The summed E-state index contributed by atoms with van der Waals surface area (Å²) in [5.41, 5.74) is 3.18. The minimum Gasteiger partial charge on any atom is -0.396 e. The molecule has 0 unspecified atom stereocenters. The SMILES string of the molecule is O=S(=O)(Cc1ccc(Nc2nccc(Nc3cccc4[nH]ncc34)n2)cc1)NCCCO. The Labute approximate surface area is 185 Å². The monoisotopic (exact) mass is 453 g/mol. The summed E-state index contributed by atoms with van der Waals surface area (Å²) in [4.78, 5) is 8.73. The number of H-pyrrole nitrogens is 1. The van der Waals surface area contributed by atoms with E-state index in [-0.39, 0.29) is 18.9 Å². The highest BCUT2D eigenvalue weighted by Crippen LogP contribution is 2.24. The first-order valence-corrected chi connectivity index (χ1v) is 11.6. The minimum absolute atomic E-state index is 0.0549. The number of sulfonamides is 1. The number of nitrogens with one attached hydrogen (secondary N) is 4. The Kier molecular flexibility index (Phi) is 6.59. The predicted molar refractivity (Wildman–Crippen MR) is 123 cm³/mol. The van der Waals surface area contributed by atoms with Crippen molar-refractivity contribution in [2.24, 2.45) is 0 Å². The fraction of sp³-hybridized carbons (Fsp3) is 0.190. The van der Waals surface area contributed by atoms with Crippen LogP contribution in [0.4, 0.5) is 23.1 Å². The van der Waals surface area contributed by atoms with Gasteiger partial charge >= 0.3 is 0 Å². The van der Waals surface area contributed by atoms with Crippen molar-refractivity contribution in [1.29, 1.82) is 0 Å². The molecule has 0 aliphatic heterocycles. The number of hydrogen-bond donors (Lipinski definition) is 5. The molecule has 0 spiro atoms. The Morgan fingerprint density at radius 3 is 2.69 bits per heavy atom. The molecule has 0 atom stereocenters. The molecule has 2 aromatic carbocycles. The van der Waals surface area contributed by atoms with Crippen LogP contribution < -0.4 is 15.4 Å². The van der Waals surface area contributed by atoms with E-state index >= 15 is 0 Å². The number of aliphatic hydroxyl groups is 1. The van der Waals surface area contributed by atoms with Gasteiger partial charge in [-0.05, 0) is 42.3 Å². The highest BCUT2D eigenvalue weighted by Gasteiger charge is 2.11. The van der Waals surface area contributed by atoms with Crippen LogP contribution in [-0.2, 0) is 15.8 Å². The quantitative estimate of drug-likeness (QED) is 0.230. The van der Waals surface area contributed by atoms with Crippen molar-refractivity contribution in [3.63, 3.8) is 0 Å². The third kappa shape index (κ3) is 5.58. The van der Waals surface area contributed by atoms with Crippen LogP contribution in [0.5, 0.6) is 0 Å². The molecule has 0 fully saturated rings. The van der Waals surface area contributed by atoms with E-state index in [1.807, 2.05) is 18.2 Å². The van der Waals surface area contributed by atoms with Gasteiger partial charge < -0.3 is 15.7 Å². The Morgan fingerprint density at radius 2 is 1.88 bits per heavy atom. The molecule has 32 heavy (non-hydrogen) atoms. The Hall–Kier alpha value is -3.54. The zero-order valence-electron chi connectivity index (χ0n) is 17.1. The molecule has 0 saturated carbocycles. The van der Waals surface area contributed by atoms with Gasteiger partial charge in [-0.1, -0.05) is 18.2 Å². The van der Waals surface area contributed by atoms with E-state index in [1.165, 1.54) is 0 Å². The first-order valence-electron chi connectivity index (χ1n) is 9.99. The second-order valence-corrected chi connectivity index (χ2v) is 8.89. The molecule has 10 nitrogen and oxygen atoms in total. The molecule has 0 radical (unpaired) electrons. The smallest absolute Gasteiger partial charge is 0.229 e. The lowest BCUT2D eigenvalue weighted by atomic mass is 10.2. The molecular formula is C21H23N7O3S. The molecule has 5 N–H and O–H groups in total. The normalized spacial score (nSPS) is 11.5. The zero-order chi connectivity index (χ0) is 22.4. The summed E-state index contributed by atoms with van der Waals surface area (Å²) < 4.78 is 26.6. The average molecular weight is 454 g/mol. The maximum absolute atomic E-state index is 12.1. The predicted octanol–water partition coefficient (Wildman–Crippen LogP) is 2.64. The van der Waals surface area contributed by atoms with Crippen LogP contribution in [0.15, 0.2) is 60.9 Å². The maximum Gasteiger partial charge on any atom is 0.229 e. The van der Waals surface area contributed by atoms with Gasteiger partial charge in [0.1, 0.15) is 5.82 Å². The molecule has 2 aromatic heterocycles. The average Bonchev–Trinajstić information content (AvgIpc) is 3.25. The number of aromatic nitrogens is 4. The van der Waals surface area contributed by atoms with Gasteiger partial charge in [-0.25, -0.2) is 18.1 Å². The third-order valence-electron chi connectivity index (χ3n) is 4.63. The first-order chi connectivity index (χ1) is 15.5. The van der Waals surface area contributed by atoms with Crippen LogP contribution >= 0.6 is 0 Å². The molecule has 11 heteroatoms. The van der Waals surface area contributed by atoms with Crippen molar-refractivity contribution in [2.75, 3.05) is 23.8 Å². The van der Waals surface area contributed by atoms with E-state index < -0.39 is 10.0 Å². The minimum atomic E-state index is -3.45. The van der Waals surface area contributed by atoms with Gasteiger partial charge in [0, 0.05) is 30.4 Å². The van der Waals surface area contributed by atoms with Gasteiger partial charge in [0.2, 0.25) is 16.0 Å². The van der Waals surface area contributed by atoms with Crippen LogP contribution in [0.1, 0.15) is 12.0 Å². The van der Waals surface area contributed by atoms with E-state index in [0.29, 0.717) is 23.8 Å². The number of fused-ring (bicyclic) bond motifs is 1. The topological polar surface area (TPSA) is 145 Å². The number of nitrogens with zero attached hydrogens (tertiary/aromatic N) is 3. The summed E-state index contributed by atoms with van der Waals surface area (Å²) >= 11 is 0. The van der Waals surface area contributed by atoms with E-state index in [4.69, 9.17) is 5.11 Å². The van der Waals surface area contributed by atoms with Crippen LogP contribution in [0.3, 0.4) is 0 Å². The van der Waals surface area contributed by atoms with Crippen molar-refractivity contribution in [2.45, 2.75) is 12.2 Å². The van der Waals surface area contributed by atoms with Crippen LogP contribution in [0.25, 0.3) is 10.9 Å². The molecular weight excluding hydrogens is 430 g/mol. The Balaban J connectivity index is 1.41. The summed E-state index contributed by atoms with van der Waals surface area (Å²) in [6, 6.07) is 14.6. The van der Waals surface area contributed by atoms with Crippen molar-refractivity contribution >= 4 is 44.1 Å². The summed E-state index contributed by atoms with van der Waals surface area (Å²) in [5.74, 6) is 0.891. The molecule has 0 aliphatic rings. The van der Waals surface area contributed by atoms with Crippen molar-refractivity contribution in [3.05, 3.63) is 66.5 Å². The maximum atomic E-state index is 12.1. The number of aromatic amines is 1. The third-order valence-corrected chi connectivity index (χ3v) is 5.98. The molecule has 4 aromatic rings. The van der Waals surface area contributed by atoms with Gasteiger partial charge in [0.15, 0.2) is 0 Å². The molecule has 0 bridgehead atoms. The largest absolute Gasteiger partial charge is 0.396 e. The fourth-order valence-electron chi connectivity index (χ4n) is 3.09. The van der Waals surface area contributed by atoms with E-state index in [9.17, 15) is 8.42 Å². The number of benzene rings is 2. The van der Waals surface area contributed by atoms with Crippen LogP contribution in [0, 0.1) is 0 Å².